The number of anilines is 2. The molecule has 0 bridgehead atoms. The number of nitrogens with zero attached hydrogens (tertiary/aromatic N) is 6. The lowest BCUT2D eigenvalue weighted by Crippen LogP contribution is -2.42. The zero-order valence-electron chi connectivity index (χ0n) is 18.2. The number of hydrogen-bond donors (Lipinski definition) is 2. The molecule has 0 unspecified atom stereocenters. The van der Waals surface area contributed by atoms with E-state index in [-0.39, 0.29) is 31.1 Å². The number of nitrogen functional groups attached to an aromatic ring is 1. The van der Waals surface area contributed by atoms with Gasteiger partial charge in [0.05, 0.1) is 6.54 Å². The Hall–Kier alpha value is -4.25. The highest BCUT2D eigenvalue weighted by molar-refractivity contribution is 6.30. The number of benzene rings is 2. The van der Waals surface area contributed by atoms with Crippen LogP contribution in [-0.2, 0) is 17.9 Å². The molecule has 0 aliphatic heterocycles. The van der Waals surface area contributed by atoms with Gasteiger partial charge in [-0.25, -0.2) is 4.79 Å². The lowest BCUT2D eigenvalue weighted by molar-refractivity contribution is -0.119. The number of aromatic nitrogens is 6. The summed E-state index contributed by atoms with van der Waals surface area (Å²) in [6.07, 6.45) is 0. The minimum atomic E-state index is -0.754. The number of tetrazole rings is 1. The third kappa shape index (κ3) is 4.74. The van der Waals surface area contributed by atoms with Crippen molar-refractivity contribution in [1.82, 2.24) is 29.8 Å². The van der Waals surface area contributed by atoms with Crippen molar-refractivity contribution in [3.05, 3.63) is 86.0 Å². The Labute approximate surface area is 198 Å². The van der Waals surface area contributed by atoms with Crippen LogP contribution in [0, 0.1) is 0 Å². The van der Waals surface area contributed by atoms with Crippen LogP contribution in [0.2, 0.25) is 5.02 Å². The average molecular weight is 481 g/mol. The van der Waals surface area contributed by atoms with Crippen molar-refractivity contribution in [3.63, 3.8) is 0 Å². The van der Waals surface area contributed by atoms with Crippen molar-refractivity contribution in [2.75, 3.05) is 17.2 Å². The Kier molecular flexibility index (Phi) is 6.55. The minimum absolute atomic E-state index is 0.110. The highest BCUT2D eigenvalue weighted by atomic mass is 35.5. The van der Waals surface area contributed by atoms with Crippen LogP contribution in [0.15, 0.2) is 64.2 Å². The van der Waals surface area contributed by atoms with Crippen molar-refractivity contribution >= 4 is 29.0 Å². The van der Waals surface area contributed by atoms with E-state index in [9.17, 15) is 14.4 Å². The van der Waals surface area contributed by atoms with Crippen molar-refractivity contribution in [1.29, 1.82) is 0 Å². The van der Waals surface area contributed by atoms with Gasteiger partial charge in [-0.05, 0) is 42.0 Å². The first-order chi connectivity index (χ1) is 16.4. The van der Waals surface area contributed by atoms with Gasteiger partial charge in [-0.15, -0.1) is 10.2 Å². The fraction of sp³-hybridized carbons (Fsp3) is 0.182. The van der Waals surface area contributed by atoms with E-state index >= 15 is 0 Å². The van der Waals surface area contributed by atoms with E-state index in [1.165, 1.54) is 9.47 Å². The summed E-state index contributed by atoms with van der Waals surface area (Å²) >= 11 is 5.90. The van der Waals surface area contributed by atoms with E-state index in [1.807, 2.05) is 30.3 Å². The van der Waals surface area contributed by atoms with Crippen LogP contribution >= 0.6 is 11.6 Å². The second-order valence-corrected chi connectivity index (χ2v) is 7.79. The summed E-state index contributed by atoms with van der Waals surface area (Å²) in [4.78, 5) is 42.7. The zero-order valence-corrected chi connectivity index (χ0v) is 18.9. The topological polar surface area (TPSA) is 145 Å². The SMILES string of the molecule is CCN(C(=O)Cn1nnc(-c2ccc(Cl)cc2)n1)c1c(N)n(Cc2ccccc2)c(=O)[nH]c1=O. The fourth-order valence-corrected chi connectivity index (χ4v) is 3.58. The molecule has 4 rings (SSSR count). The first kappa shape index (κ1) is 22.9. The molecule has 174 valence electrons. The number of amides is 1. The quantitative estimate of drug-likeness (QED) is 0.408. The average Bonchev–Trinajstić information content (AvgIpc) is 3.28. The summed E-state index contributed by atoms with van der Waals surface area (Å²) in [5.41, 5.74) is 6.19. The number of carbonyl (C=O) groups is 1. The summed E-state index contributed by atoms with van der Waals surface area (Å²) < 4.78 is 1.22. The number of nitrogens with two attached hydrogens (primary N) is 1. The van der Waals surface area contributed by atoms with Crippen molar-refractivity contribution in [2.24, 2.45) is 0 Å². The number of nitrogens with one attached hydrogen (secondary N) is 1. The normalized spacial score (nSPS) is 10.9. The van der Waals surface area contributed by atoms with Gasteiger partial charge in [0.1, 0.15) is 12.4 Å². The molecule has 4 aromatic rings. The Bertz CT molecular complexity index is 1430. The highest BCUT2D eigenvalue weighted by Gasteiger charge is 2.24. The maximum atomic E-state index is 13.1. The second kappa shape index (κ2) is 9.71. The van der Waals surface area contributed by atoms with E-state index in [2.05, 4.69) is 20.4 Å². The molecule has 0 fully saturated rings. The van der Waals surface area contributed by atoms with Gasteiger partial charge in [0, 0.05) is 17.1 Å². The Balaban J connectivity index is 1.61. The molecular weight excluding hydrogens is 460 g/mol. The zero-order chi connectivity index (χ0) is 24.2. The third-order valence-corrected chi connectivity index (χ3v) is 5.37. The molecule has 0 saturated carbocycles. The van der Waals surface area contributed by atoms with Crippen LogP contribution < -0.4 is 21.9 Å². The molecule has 2 aromatic heterocycles. The molecule has 0 radical (unpaired) electrons. The molecule has 2 heterocycles. The first-order valence-electron chi connectivity index (χ1n) is 10.4. The van der Waals surface area contributed by atoms with Gasteiger partial charge >= 0.3 is 5.69 Å². The number of rotatable bonds is 7. The summed E-state index contributed by atoms with van der Waals surface area (Å²) in [5, 5.41) is 12.7. The molecule has 2 aromatic carbocycles. The first-order valence-corrected chi connectivity index (χ1v) is 10.8. The minimum Gasteiger partial charge on any atom is -0.383 e. The molecule has 3 N–H and O–H groups in total. The van der Waals surface area contributed by atoms with Gasteiger partial charge in [-0.1, -0.05) is 41.9 Å². The van der Waals surface area contributed by atoms with Crippen LogP contribution in [0.1, 0.15) is 12.5 Å². The smallest absolute Gasteiger partial charge is 0.330 e. The summed E-state index contributed by atoms with van der Waals surface area (Å²) in [6, 6.07) is 16.0. The summed E-state index contributed by atoms with van der Waals surface area (Å²) in [7, 11) is 0. The standard InChI is InChI=1S/C22H21ClN8O3/c1-2-29(17(32)13-31-27-20(26-28-31)15-8-10-16(23)11-9-15)18-19(24)30(22(34)25-21(18)33)12-14-6-4-3-5-7-14/h3-11H,2,12-13,24H2,1H3,(H,25,33,34). The third-order valence-electron chi connectivity index (χ3n) is 5.12. The largest absolute Gasteiger partial charge is 0.383 e. The predicted molar refractivity (Wildman–Crippen MR) is 128 cm³/mol. The van der Waals surface area contributed by atoms with E-state index in [1.54, 1.807) is 31.2 Å². The molecule has 34 heavy (non-hydrogen) atoms. The van der Waals surface area contributed by atoms with E-state index in [0.29, 0.717) is 16.4 Å². The van der Waals surface area contributed by atoms with Gasteiger partial charge in [0.15, 0.2) is 5.69 Å². The molecule has 0 atom stereocenters. The highest BCUT2D eigenvalue weighted by Crippen LogP contribution is 2.19. The van der Waals surface area contributed by atoms with Gasteiger partial charge in [0.2, 0.25) is 5.82 Å². The Morgan fingerprint density at radius 1 is 1.12 bits per heavy atom. The van der Waals surface area contributed by atoms with Crippen LogP contribution in [-0.4, -0.2) is 42.2 Å². The molecule has 0 saturated heterocycles. The number of likely N-dealkylation sites (N-methyl/N-ethyl adjacent to an activating group) is 1. The Morgan fingerprint density at radius 2 is 1.82 bits per heavy atom. The maximum absolute atomic E-state index is 13.1. The van der Waals surface area contributed by atoms with E-state index in [0.717, 1.165) is 10.4 Å². The van der Waals surface area contributed by atoms with E-state index < -0.39 is 17.2 Å². The second-order valence-electron chi connectivity index (χ2n) is 7.35. The molecule has 12 heteroatoms. The summed E-state index contributed by atoms with van der Waals surface area (Å²) in [6.45, 7) is 1.67. The van der Waals surface area contributed by atoms with Gasteiger partial charge < -0.3 is 10.6 Å². The molecule has 0 aliphatic carbocycles. The van der Waals surface area contributed by atoms with Gasteiger partial charge in [-0.3, -0.25) is 19.1 Å². The maximum Gasteiger partial charge on any atom is 0.330 e. The van der Waals surface area contributed by atoms with Crippen molar-refractivity contribution in [2.45, 2.75) is 20.0 Å². The monoisotopic (exact) mass is 480 g/mol. The van der Waals surface area contributed by atoms with Gasteiger partial charge in [0.25, 0.3) is 11.5 Å². The number of hydrogen-bond acceptors (Lipinski definition) is 7. The van der Waals surface area contributed by atoms with Crippen molar-refractivity contribution in [3.8, 4) is 11.4 Å². The predicted octanol–water partition coefficient (Wildman–Crippen LogP) is 1.53. The van der Waals surface area contributed by atoms with Crippen LogP contribution in [0.4, 0.5) is 11.5 Å². The van der Waals surface area contributed by atoms with Gasteiger partial charge in [-0.2, -0.15) is 4.80 Å². The number of carbonyl (C=O) groups excluding carboxylic acids is 1. The van der Waals surface area contributed by atoms with E-state index in [4.69, 9.17) is 17.3 Å². The molecule has 0 spiro atoms. The molecule has 11 nitrogen and oxygen atoms in total. The molecular formula is C22H21ClN8O3. The Morgan fingerprint density at radius 3 is 2.50 bits per heavy atom. The number of H-pyrrole nitrogens is 1. The lowest BCUT2D eigenvalue weighted by atomic mass is 10.2. The fourth-order valence-electron chi connectivity index (χ4n) is 3.45. The van der Waals surface area contributed by atoms with Crippen LogP contribution in [0.5, 0.6) is 0 Å². The lowest BCUT2D eigenvalue weighted by Gasteiger charge is -2.22. The van der Waals surface area contributed by atoms with Crippen LogP contribution in [0.3, 0.4) is 0 Å². The molecule has 0 aliphatic rings. The van der Waals surface area contributed by atoms with Crippen LogP contribution in [0.25, 0.3) is 11.4 Å². The molecule has 1 amide bonds. The summed E-state index contributed by atoms with van der Waals surface area (Å²) in [5.74, 6) is -0.285. The number of aromatic amines is 1. The number of halogens is 1. The van der Waals surface area contributed by atoms with Crippen molar-refractivity contribution < 1.29 is 4.79 Å².